The Morgan fingerprint density at radius 3 is 1.96 bits per heavy atom. The van der Waals surface area contributed by atoms with Gasteiger partial charge in [0.25, 0.3) is 0 Å². The molecule has 0 saturated heterocycles. The summed E-state index contributed by atoms with van der Waals surface area (Å²) in [5, 5.41) is 20.3. The molecule has 2 N–H and O–H groups in total. The number of ether oxygens (including phenoxy) is 2. The average Bonchev–Trinajstić information content (AvgIpc) is 2.66. The molecule has 0 aliphatic heterocycles. The van der Waals surface area contributed by atoms with Crippen LogP contribution in [0.3, 0.4) is 0 Å². The summed E-state index contributed by atoms with van der Waals surface area (Å²) < 4.78 is 9.54. The first kappa shape index (κ1) is 20.9. The summed E-state index contributed by atoms with van der Waals surface area (Å²) in [4.78, 5) is 50.8. The number of aliphatic carboxylic acids is 2. The molecule has 28 heavy (non-hydrogen) atoms. The van der Waals surface area contributed by atoms with Gasteiger partial charge in [-0.05, 0) is 11.8 Å². The third kappa shape index (κ3) is 2.30. The number of hydrogen-bond donors (Lipinski definition) is 2. The highest BCUT2D eigenvalue weighted by molar-refractivity contribution is 6.10. The molecule has 0 aromatic carbocycles. The van der Waals surface area contributed by atoms with Crippen molar-refractivity contribution in [3.8, 4) is 0 Å². The minimum atomic E-state index is -2.83. The number of carbonyl (C=O) groups is 4. The van der Waals surface area contributed by atoms with Gasteiger partial charge in [-0.3, -0.25) is 19.2 Å². The van der Waals surface area contributed by atoms with E-state index in [1.165, 1.54) is 18.2 Å². The molecule has 8 heteroatoms. The van der Waals surface area contributed by atoms with Gasteiger partial charge in [0.15, 0.2) is 5.41 Å². The predicted molar refractivity (Wildman–Crippen MR) is 96.2 cm³/mol. The summed E-state index contributed by atoms with van der Waals surface area (Å²) in [5.74, 6) is -10.4. The molecule has 0 spiro atoms. The van der Waals surface area contributed by atoms with Crippen molar-refractivity contribution >= 4 is 23.9 Å². The van der Waals surface area contributed by atoms with Crippen LogP contribution in [0.4, 0.5) is 0 Å². The minimum absolute atomic E-state index is 0.679. The zero-order valence-corrected chi connectivity index (χ0v) is 14.9. The molecule has 148 valence electrons. The van der Waals surface area contributed by atoms with Gasteiger partial charge in [-0.25, -0.2) is 0 Å². The van der Waals surface area contributed by atoms with Gasteiger partial charge in [0, 0.05) is 5.92 Å². The van der Waals surface area contributed by atoms with Crippen molar-refractivity contribution in [3.05, 3.63) is 63.1 Å². The number of rotatable bonds is 8. The third-order valence-electron chi connectivity index (χ3n) is 5.65. The highest BCUT2D eigenvalue weighted by Crippen LogP contribution is 2.66. The van der Waals surface area contributed by atoms with Gasteiger partial charge in [0.1, 0.15) is 5.41 Å². The van der Waals surface area contributed by atoms with Crippen LogP contribution in [-0.2, 0) is 28.7 Å². The summed E-state index contributed by atoms with van der Waals surface area (Å²) in [6.45, 7) is 13.8. The second-order valence-electron chi connectivity index (χ2n) is 6.45. The summed E-state index contributed by atoms with van der Waals surface area (Å²) in [7, 11) is 0. The van der Waals surface area contributed by atoms with Crippen LogP contribution in [0, 0.1) is 34.5 Å². The molecule has 6 unspecified atom stereocenters. The Kier molecular flexibility index (Phi) is 5.45. The Bertz CT molecular complexity index is 809. The van der Waals surface area contributed by atoms with Gasteiger partial charge < -0.3 is 19.7 Å². The second kappa shape index (κ2) is 7.30. The normalized spacial score (nSPS) is 35.3. The van der Waals surface area contributed by atoms with Gasteiger partial charge in [-0.15, -0.1) is 13.2 Å². The van der Waals surface area contributed by atoms with Crippen LogP contribution in [0.25, 0.3) is 0 Å². The van der Waals surface area contributed by atoms with Crippen molar-refractivity contribution in [2.75, 3.05) is 0 Å². The Morgan fingerprint density at radius 2 is 1.54 bits per heavy atom. The standard InChI is InChI=1S/C20H20O8/c1-5-11-12-9-10-19(16(22)23,13(11)6-2)20(17(24)25,18(26)28-8-4)14(12)15(21)27-7-3/h5-14H,1-4H2,(H,22,23)(H,24,25). The van der Waals surface area contributed by atoms with Gasteiger partial charge in [-0.1, -0.05) is 37.5 Å². The molecule has 2 bridgehead atoms. The highest BCUT2D eigenvalue weighted by Gasteiger charge is 2.80. The molecule has 3 aliphatic carbocycles. The zero-order valence-electron chi connectivity index (χ0n) is 14.9. The van der Waals surface area contributed by atoms with E-state index in [2.05, 4.69) is 26.3 Å². The molecule has 3 rings (SSSR count). The van der Waals surface area contributed by atoms with E-state index in [0.29, 0.717) is 6.26 Å². The molecule has 8 nitrogen and oxygen atoms in total. The van der Waals surface area contributed by atoms with E-state index in [1.807, 2.05) is 0 Å². The van der Waals surface area contributed by atoms with Crippen LogP contribution < -0.4 is 0 Å². The monoisotopic (exact) mass is 388 g/mol. The molecule has 0 amide bonds. The van der Waals surface area contributed by atoms with Gasteiger partial charge in [-0.2, -0.15) is 0 Å². The number of carboxylic acid groups (broad SMARTS) is 2. The van der Waals surface area contributed by atoms with E-state index in [0.717, 1.165) is 12.3 Å². The Hall–Kier alpha value is -3.42. The van der Waals surface area contributed by atoms with Crippen molar-refractivity contribution in [1.82, 2.24) is 0 Å². The SMILES string of the molecule is C=COC(=O)C1C2C=CC(C(=O)O)(C(C=C)C2C=C)C1(C(=O)O)C(=O)OC=C. The van der Waals surface area contributed by atoms with Crippen molar-refractivity contribution in [3.63, 3.8) is 0 Å². The number of carbonyl (C=O) groups excluding carboxylic acids is 2. The fourth-order valence-electron chi connectivity index (χ4n) is 4.70. The molecule has 3 aliphatic rings. The second-order valence-corrected chi connectivity index (χ2v) is 6.45. The van der Waals surface area contributed by atoms with Crippen molar-refractivity contribution in [1.29, 1.82) is 0 Å². The quantitative estimate of drug-likeness (QED) is 0.279. The van der Waals surface area contributed by atoms with Gasteiger partial charge in [0.2, 0.25) is 0 Å². The highest BCUT2D eigenvalue weighted by atomic mass is 16.5. The Labute approximate surface area is 161 Å². The lowest BCUT2D eigenvalue weighted by atomic mass is 9.39. The van der Waals surface area contributed by atoms with E-state index < -0.39 is 58.4 Å². The largest absolute Gasteiger partial charge is 0.481 e. The lowest BCUT2D eigenvalue weighted by molar-refractivity contribution is -0.211. The van der Waals surface area contributed by atoms with Crippen LogP contribution in [0.2, 0.25) is 0 Å². The predicted octanol–water partition coefficient (Wildman–Crippen LogP) is 1.92. The molecule has 6 atom stereocenters. The zero-order chi connectivity index (χ0) is 21.3. The maximum atomic E-state index is 13.0. The number of carboxylic acids is 2. The first-order chi connectivity index (χ1) is 13.2. The molecule has 0 aromatic rings. The van der Waals surface area contributed by atoms with Crippen molar-refractivity contribution in [2.24, 2.45) is 34.5 Å². The number of esters is 2. The van der Waals surface area contributed by atoms with Gasteiger partial charge >= 0.3 is 23.9 Å². The minimum Gasteiger partial charge on any atom is -0.481 e. The summed E-state index contributed by atoms with van der Waals surface area (Å²) in [6, 6.07) is 0. The molecular formula is C20H20O8. The van der Waals surface area contributed by atoms with Crippen LogP contribution in [0.15, 0.2) is 63.1 Å². The molecule has 0 aromatic heterocycles. The number of hydrogen-bond acceptors (Lipinski definition) is 6. The summed E-state index contributed by atoms with van der Waals surface area (Å²) >= 11 is 0. The maximum absolute atomic E-state index is 13.0. The Balaban J connectivity index is 3.01. The van der Waals surface area contributed by atoms with Crippen LogP contribution in [0.1, 0.15) is 0 Å². The maximum Gasteiger partial charge on any atom is 0.330 e. The Morgan fingerprint density at radius 1 is 0.929 bits per heavy atom. The first-order valence-corrected chi connectivity index (χ1v) is 8.26. The van der Waals surface area contributed by atoms with Crippen LogP contribution in [0.5, 0.6) is 0 Å². The summed E-state index contributed by atoms with van der Waals surface area (Å²) in [5.41, 5.74) is -5.20. The van der Waals surface area contributed by atoms with Gasteiger partial charge in [0.05, 0.1) is 18.4 Å². The van der Waals surface area contributed by atoms with Crippen molar-refractivity contribution < 1.29 is 38.9 Å². The summed E-state index contributed by atoms with van der Waals surface area (Å²) in [6.07, 6.45) is 6.65. The average molecular weight is 388 g/mol. The fourth-order valence-corrected chi connectivity index (χ4v) is 4.70. The molecule has 0 heterocycles. The van der Waals surface area contributed by atoms with E-state index in [1.54, 1.807) is 0 Å². The van der Waals surface area contributed by atoms with Crippen molar-refractivity contribution in [2.45, 2.75) is 0 Å². The number of fused-ring (bicyclic) bond motifs is 2. The molecule has 0 radical (unpaired) electrons. The smallest absolute Gasteiger partial charge is 0.330 e. The fraction of sp³-hybridized carbons (Fsp3) is 0.300. The van der Waals surface area contributed by atoms with Crippen LogP contribution >= 0.6 is 0 Å². The van der Waals surface area contributed by atoms with E-state index in [-0.39, 0.29) is 0 Å². The van der Waals surface area contributed by atoms with Crippen LogP contribution in [-0.4, -0.2) is 34.1 Å². The first-order valence-electron chi connectivity index (χ1n) is 8.26. The topological polar surface area (TPSA) is 127 Å². The molecule has 1 fully saturated rings. The molecular weight excluding hydrogens is 368 g/mol. The molecule has 1 saturated carbocycles. The van der Waals surface area contributed by atoms with E-state index in [9.17, 15) is 29.4 Å². The lowest BCUT2D eigenvalue weighted by Crippen LogP contribution is -2.72. The van der Waals surface area contributed by atoms with E-state index >= 15 is 0 Å². The number of allylic oxidation sites excluding steroid dienone is 3. The lowest BCUT2D eigenvalue weighted by Gasteiger charge is -2.59. The van der Waals surface area contributed by atoms with E-state index in [4.69, 9.17) is 9.47 Å². The third-order valence-corrected chi connectivity index (χ3v) is 5.65.